The van der Waals surface area contributed by atoms with Crippen molar-refractivity contribution in [3.63, 3.8) is 0 Å². The van der Waals surface area contributed by atoms with Crippen molar-refractivity contribution in [1.29, 1.82) is 0 Å². The van der Waals surface area contributed by atoms with Crippen LogP contribution in [0, 0.1) is 11.8 Å². The maximum atomic E-state index is 14.8. The number of nitrogens with zero attached hydrogens (tertiary/aromatic N) is 3. The van der Waals surface area contributed by atoms with E-state index in [1.165, 1.54) is 5.56 Å². The zero-order valence-electron chi connectivity index (χ0n) is 23.2. The van der Waals surface area contributed by atoms with Crippen LogP contribution in [0.25, 0.3) is 11.3 Å². The molecule has 1 fully saturated rings. The highest BCUT2D eigenvalue weighted by Gasteiger charge is 2.48. The molecule has 2 heterocycles. The van der Waals surface area contributed by atoms with Gasteiger partial charge >= 0.3 is 0 Å². The average molecular weight is 520 g/mol. The van der Waals surface area contributed by atoms with Gasteiger partial charge in [0.25, 0.3) is 5.91 Å². The first kappa shape index (κ1) is 25.6. The van der Waals surface area contributed by atoms with Gasteiger partial charge in [0.2, 0.25) is 0 Å². The van der Waals surface area contributed by atoms with Crippen LogP contribution in [0.3, 0.4) is 0 Å². The Kier molecular flexibility index (Phi) is 6.86. The van der Waals surface area contributed by atoms with E-state index in [0.717, 1.165) is 41.0 Å². The molecule has 5 heteroatoms. The van der Waals surface area contributed by atoms with Crippen molar-refractivity contribution >= 4 is 11.6 Å². The summed E-state index contributed by atoms with van der Waals surface area (Å²) in [7, 11) is 0. The minimum absolute atomic E-state index is 0.0160. The molecule has 0 radical (unpaired) electrons. The molecule has 0 amide bonds. The lowest BCUT2D eigenvalue weighted by atomic mass is 9.75. The Bertz CT molecular complexity index is 1430. The summed E-state index contributed by atoms with van der Waals surface area (Å²) in [6.45, 7) is 8.82. The Morgan fingerprint density at radius 3 is 2.13 bits per heavy atom. The van der Waals surface area contributed by atoms with Gasteiger partial charge in [0.05, 0.1) is 35.1 Å². The first-order valence-electron chi connectivity index (χ1n) is 14.2. The molecule has 2 aliphatic rings. The summed E-state index contributed by atoms with van der Waals surface area (Å²) in [5.41, 5.74) is 6.31. The molecule has 0 bridgehead atoms. The Morgan fingerprint density at radius 1 is 0.872 bits per heavy atom. The molecule has 5 atom stereocenters. The maximum absolute atomic E-state index is 14.8. The third-order valence-electron chi connectivity index (χ3n) is 8.58. The Hall–Kier alpha value is -3.70. The van der Waals surface area contributed by atoms with Crippen molar-refractivity contribution in [3.05, 3.63) is 108 Å². The number of benzene rings is 3. The fourth-order valence-electron chi connectivity index (χ4n) is 6.58. The molecule has 200 valence electrons. The van der Waals surface area contributed by atoms with E-state index in [2.05, 4.69) is 45.0 Å². The van der Waals surface area contributed by atoms with E-state index < -0.39 is 5.92 Å². The summed E-state index contributed by atoms with van der Waals surface area (Å²) in [6, 6.07) is 30.4. The number of hydrogen-bond acceptors (Lipinski definition) is 4. The lowest BCUT2D eigenvalue weighted by Gasteiger charge is -2.29. The smallest absolute Gasteiger partial charge is 0.255 e. The van der Waals surface area contributed by atoms with E-state index in [4.69, 9.17) is 9.94 Å². The van der Waals surface area contributed by atoms with Crippen LogP contribution in [0.5, 0.6) is 0 Å². The van der Waals surface area contributed by atoms with Gasteiger partial charge in [0, 0.05) is 17.0 Å². The van der Waals surface area contributed by atoms with Crippen molar-refractivity contribution in [2.24, 2.45) is 11.8 Å². The molecule has 0 N–H and O–H groups in total. The van der Waals surface area contributed by atoms with Crippen LogP contribution in [0.1, 0.15) is 80.0 Å². The van der Waals surface area contributed by atoms with E-state index in [1.807, 2.05) is 78.7 Å². The van der Waals surface area contributed by atoms with Crippen LogP contribution in [0.4, 0.5) is 5.69 Å². The molecule has 0 saturated carbocycles. The fraction of sp³-hybridized carbons (Fsp3) is 0.353. The third kappa shape index (κ3) is 4.49. The van der Waals surface area contributed by atoms with Crippen molar-refractivity contribution < 1.29 is 9.63 Å². The monoisotopic (exact) mass is 519 g/mol. The molecule has 3 aromatic carbocycles. The van der Waals surface area contributed by atoms with Crippen molar-refractivity contribution in [2.75, 3.05) is 5.06 Å². The van der Waals surface area contributed by atoms with Crippen LogP contribution < -0.4 is 5.06 Å². The SMILES string of the molecule is CC(C)[C@@H]1CC[C@H](C)c2c1nn(C(=O)[C@@H]1[C@H](C)ON(c3ccccc3)[C@@H]1c1ccccc1)c2-c1ccccc1. The minimum atomic E-state index is -0.441. The van der Waals surface area contributed by atoms with E-state index in [1.54, 1.807) is 4.68 Å². The number of hydrogen-bond donors (Lipinski definition) is 0. The predicted octanol–water partition coefficient (Wildman–Crippen LogP) is 8.03. The Balaban J connectivity index is 1.52. The summed E-state index contributed by atoms with van der Waals surface area (Å²) < 4.78 is 1.74. The van der Waals surface area contributed by atoms with E-state index in [0.29, 0.717) is 17.8 Å². The molecule has 5 nitrogen and oxygen atoms in total. The van der Waals surface area contributed by atoms with Gasteiger partial charge < -0.3 is 0 Å². The van der Waals surface area contributed by atoms with Crippen molar-refractivity contribution in [1.82, 2.24) is 9.78 Å². The van der Waals surface area contributed by atoms with Crippen LogP contribution in [-0.4, -0.2) is 21.8 Å². The lowest BCUT2D eigenvalue weighted by molar-refractivity contribution is 0.0620. The molecule has 0 unspecified atom stereocenters. The average Bonchev–Trinajstić information content (AvgIpc) is 3.53. The van der Waals surface area contributed by atoms with E-state index >= 15 is 0 Å². The number of carbonyl (C=O) groups is 1. The highest BCUT2D eigenvalue weighted by molar-refractivity contribution is 5.88. The molecule has 1 aliphatic heterocycles. The van der Waals surface area contributed by atoms with Gasteiger partial charge in [-0.05, 0) is 49.3 Å². The minimum Gasteiger partial charge on any atom is -0.272 e. The predicted molar refractivity (Wildman–Crippen MR) is 156 cm³/mol. The lowest BCUT2D eigenvalue weighted by Crippen LogP contribution is -2.33. The number of para-hydroxylation sites is 1. The quantitative estimate of drug-likeness (QED) is 0.268. The molecule has 4 aromatic rings. The number of aromatic nitrogens is 2. The molecular weight excluding hydrogens is 482 g/mol. The second kappa shape index (κ2) is 10.5. The summed E-state index contributed by atoms with van der Waals surface area (Å²) in [5, 5.41) is 7.10. The highest BCUT2D eigenvalue weighted by atomic mass is 16.7. The number of hydroxylamine groups is 1. The molecular formula is C34H37N3O2. The fourth-order valence-corrected chi connectivity index (χ4v) is 6.58. The summed E-state index contributed by atoms with van der Waals surface area (Å²) in [6.07, 6.45) is 1.88. The molecule has 6 rings (SSSR count). The Morgan fingerprint density at radius 2 is 1.49 bits per heavy atom. The molecule has 39 heavy (non-hydrogen) atoms. The first-order chi connectivity index (χ1) is 19.0. The molecule has 1 aliphatic carbocycles. The first-order valence-corrected chi connectivity index (χ1v) is 14.2. The molecule has 1 aromatic heterocycles. The van der Waals surface area contributed by atoms with Gasteiger partial charge in [0.15, 0.2) is 0 Å². The summed E-state index contributed by atoms with van der Waals surface area (Å²) >= 11 is 0. The van der Waals surface area contributed by atoms with Crippen LogP contribution in [0.2, 0.25) is 0 Å². The van der Waals surface area contributed by atoms with Crippen LogP contribution >= 0.6 is 0 Å². The largest absolute Gasteiger partial charge is 0.272 e. The second-order valence-electron chi connectivity index (χ2n) is 11.4. The number of fused-ring (bicyclic) bond motifs is 1. The standard InChI is InChI=1S/C34H37N3O2/c1-22(2)28-21-20-23(3)29-31(28)35-36(32(29)25-14-8-5-9-15-25)34(38)30-24(4)39-37(27-18-12-7-13-19-27)33(30)26-16-10-6-11-17-26/h5-19,22-24,28,30,33H,20-21H2,1-4H3/t23-,24-,28-,30+,33+/m0/s1. The van der Waals surface area contributed by atoms with Crippen LogP contribution in [0.15, 0.2) is 91.0 Å². The second-order valence-corrected chi connectivity index (χ2v) is 11.4. The zero-order valence-corrected chi connectivity index (χ0v) is 23.2. The summed E-state index contributed by atoms with van der Waals surface area (Å²) in [5.74, 6) is 0.685. The Labute approximate surface area is 231 Å². The number of anilines is 1. The topological polar surface area (TPSA) is 47.4 Å². The van der Waals surface area contributed by atoms with Crippen molar-refractivity contribution in [2.45, 2.75) is 64.5 Å². The van der Waals surface area contributed by atoms with Gasteiger partial charge in [-0.3, -0.25) is 9.63 Å². The van der Waals surface area contributed by atoms with Crippen LogP contribution in [-0.2, 0) is 4.84 Å². The van der Waals surface area contributed by atoms with Gasteiger partial charge in [0.1, 0.15) is 0 Å². The third-order valence-corrected chi connectivity index (χ3v) is 8.58. The highest BCUT2D eigenvalue weighted by Crippen LogP contribution is 2.48. The number of rotatable bonds is 5. The number of carbonyl (C=O) groups excluding carboxylic acids is 1. The van der Waals surface area contributed by atoms with E-state index in [-0.39, 0.29) is 18.1 Å². The maximum Gasteiger partial charge on any atom is 0.255 e. The van der Waals surface area contributed by atoms with Gasteiger partial charge in [-0.25, -0.2) is 5.06 Å². The zero-order chi connectivity index (χ0) is 27.1. The van der Waals surface area contributed by atoms with Crippen molar-refractivity contribution in [3.8, 4) is 11.3 Å². The van der Waals surface area contributed by atoms with Gasteiger partial charge in [-0.2, -0.15) is 9.78 Å². The van der Waals surface area contributed by atoms with E-state index in [9.17, 15) is 4.79 Å². The van der Waals surface area contributed by atoms with Gasteiger partial charge in [-0.1, -0.05) is 99.6 Å². The van der Waals surface area contributed by atoms with Gasteiger partial charge in [-0.15, -0.1) is 0 Å². The molecule has 1 saturated heterocycles. The summed E-state index contributed by atoms with van der Waals surface area (Å²) in [4.78, 5) is 21.3. The normalized spacial score (nSPS) is 24.6. The molecule has 0 spiro atoms.